The van der Waals surface area contributed by atoms with E-state index in [-0.39, 0.29) is 18.4 Å². The fourth-order valence-electron chi connectivity index (χ4n) is 2.87. The second-order valence-electron chi connectivity index (χ2n) is 6.67. The molecule has 4 nitrogen and oxygen atoms in total. The zero-order chi connectivity index (χ0) is 15.4. The molecule has 5 heteroatoms. The standard InChI is InChI=1S/C17H35N2O2.ClH/c1-3-4-5-6-7-8-9-10-15-21-17(20)16-19(2)13-11-18-12-14-19;/h18H,3-16H2,1-2H3;1H/q+1;/p-1. The number of quaternary nitrogens is 1. The summed E-state index contributed by atoms with van der Waals surface area (Å²) in [5.74, 6) is -0.0256. The van der Waals surface area contributed by atoms with Crippen LogP contribution < -0.4 is 17.7 Å². The molecule has 1 fully saturated rings. The molecule has 22 heavy (non-hydrogen) atoms. The van der Waals surface area contributed by atoms with Crippen molar-refractivity contribution in [1.82, 2.24) is 5.32 Å². The van der Waals surface area contributed by atoms with E-state index in [1.807, 2.05) is 0 Å². The lowest BCUT2D eigenvalue weighted by atomic mass is 10.1. The average Bonchev–Trinajstić information content (AvgIpc) is 2.46. The van der Waals surface area contributed by atoms with Gasteiger partial charge in [0.1, 0.15) is 0 Å². The van der Waals surface area contributed by atoms with Crippen molar-refractivity contribution in [2.45, 2.75) is 58.3 Å². The van der Waals surface area contributed by atoms with Gasteiger partial charge in [-0.3, -0.25) is 0 Å². The normalized spacial score (nSPS) is 16.8. The molecule has 1 saturated heterocycles. The SMILES string of the molecule is CCCCCCCCCCOC(=O)C[N+]1(C)CCNCC1.[Cl-]. The third-order valence-corrected chi connectivity index (χ3v) is 4.43. The molecule has 0 saturated carbocycles. The molecule has 0 atom stereocenters. The molecule has 1 heterocycles. The molecule has 1 N–H and O–H groups in total. The predicted molar refractivity (Wildman–Crippen MR) is 87.2 cm³/mol. The van der Waals surface area contributed by atoms with Gasteiger partial charge in [0.15, 0.2) is 6.54 Å². The number of ether oxygens (including phenoxy) is 1. The van der Waals surface area contributed by atoms with Gasteiger partial charge in [0.05, 0.1) is 26.7 Å². The highest BCUT2D eigenvalue weighted by Crippen LogP contribution is 2.09. The highest BCUT2D eigenvalue weighted by atomic mass is 35.5. The smallest absolute Gasteiger partial charge is 0.361 e. The maximum atomic E-state index is 11.9. The van der Waals surface area contributed by atoms with Gasteiger partial charge in [-0.15, -0.1) is 0 Å². The maximum Gasteiger partial charge on any atom is 0.361 e. The molecule has 1 rings (SSSR count). The minimum atomic E-state index is -0.0256. The number of halogens is 1. The third kappa shape index (κ3) is 10.4. The van der Waals surface area contributed by atoms with Crippen LogP contribution in [0.15, 0.2) is 0 Å². The number of likely N-dealkylation sites (N-methyl/N-ethyl adjacent to an activating group) is 1. The molecule has 0 amide bonds. The molecule has 0 bridgehead atoms. The number of hydrogen-bond donors (Lipinski definition) is 1. The fraction of sp³-hybridized carbons (Fsp3) is 0.941. The van der Waals surface area contributed by atoms with Crippen LogP contribution in [0.4, 0.5) is 0 Å². The minimum Gasteiger partial charge on any atom is -1.00 e. The average molecular weight is 335 g/mol. The number of unbranched alkanes of at least 4 members (excludes halogenated alkanes) is 7. The Labute approximate surface area is 143 Å². The van der Waals surface area contributed by atoms with Crippen molar-refractivity contribution in [2.24, 2.45) is 0 Å². The summed E-state index contributed by atoms with van der Waals surface area (Å²) < 4.78 is 6.20. The van der Waals surface area contributed by atoms with Crippen LogP contribution in [0.25, 0.3) is 0 Å². The van der Waals surface area contributed by atoms with Crippen molar-refractivity contribution in [1.29, 1.82) is 0 Å². The summed E-state index contributed by atoms with van der Waals surface area (Å²) in [4.78, 5) is 11.9. The summed E-state index contributed by atoms with van der Waals surface area (Å²) in [5, 5.41) is 3.33. The Morgan fingerprint density at radius 2 is 1.55 bits per heavy atom. The fourth-order valence-corrected chi connectivity index (χ4v) is 2.87. The predicted octanol–water partition coefficient (Wildman–Crippen LogP) is -0.276. The van der Waals surface area contributed by atoms with Crippen molar-refractivity contribution < 1.29 is 26.4 Å². The highest BCUT2D eigenvalue weighted by molar-refractivity contribution is 5.70. The molecule has 0 radical (unpaired) electrons. The summed E-state index contributed by atoms with van der Waals surface area (Å²) in [6.07, 6.45) is 10.2. The zero-order valence-corrected chi connectivity index (χ0v) is 15.3. The molecule has 0 unspecified atom stereocenters. The van der Waals surface area contributed by atoms with Crippen molar-refractivity contribution in [3.63, 3.8) is 0 Å². The Bertz CT molecular complexity index is 282. The first kappa shape index (κ1) is 21.7. The van der Waals surface area contributed by atoms with E-state index in [2.05, 4.69) is 19.3 Å². The second kappa shape index (κ2) is 13.1. The largest absolute Gasteiger partial charge is 1.00 e. The van der Waals surface area contributed by atoms with Gasteiger partial charge in [-0.1, -0.05) is 51.9 Å². The first-order valence-electron chi connectivity index (χ1n) is 8.86. The van der Waals surface area contributed by atoms with Crippen LogP contribution in [0.2, 0.25) is 0 Å². The van der Waals surface area contributed by atoms with E-state index in [1.54, 1.807) is 0 Å². The van der Waals surface area contributed by atoms with E-state index in [4.69, 9.17) is 4.74 Å². The molecule has 0 aromatic heterocycles. The topological polar surface area (TPSA) is 38.3 Å². The maximum absolute atomic E-state index is 11.9. The first-order chi connectivity index (χ1) is 10.2. The van der Waals surface area contributed by atoms with Crippen LogP contribution in [0.1, 0.15) is 58.3 Å². The molecule has 0 aromatic carbocycles. The number of esters is 1. The summed E-state index contributed by atoms with van der Waals surface area (Å²) in [7, 11) is 2.15. The lowest BCUT2D eigenvalue weighted by Crippen LogP contribution is -3.00. The van der Waals surface area contributed by atoms with Crippen LogP contribution in [-0.4, -0.2) is 56.8 Å². The third-order valence-electron chi connectivity index (χ3n) is 4.43. The molecule has 1 aliphatic heterocycles. The van der Waals surface area contributed by atoms with Crippen LogP contribution >= 0.6 is 0 Å². The van der Waals surface area contributed by atoms with Crippen molar-refractivity contribution in [3.05, 3.63) is 0 Å². The lowest BCUT2D eigenvalue weighted by molar-refractivity contribution is -0.904. The highest BCUT2D eigenvalue weighted by Gasteiger charge is 2.28. The number of hydrogen-bond acceptors (Lipinski definition) is 3. The lowest BCUT2D eigenvalue weighted by Gasteiger charge is -2.36. The van der Waals surface area contributed by atoms with E-state index in [0.717, 1.165) is 37.1 Å². The van der Waals surface area contributed by atoms with Gasteiger partial charge in [0, 0.05) is 13.1 Å². The van der Waals surface area contributed by atoms with Crippen LogP contribution in [0, 0.1) is 0 Å². The first-order valence-corrected chi connectivity index (χ1v) is 8.86. The number of piperazine rings is 1. The summed E-state index contributed by atoms with van der Waals surface area (Å²) >= 11 is 0. The van der Waals surface area contributed by atoms with E-state index in [9.17, 15) is 4.79 Å². The Morgan fingerprint density at radius 3 is 2.14 bits per heavy atom. The second-order valence-corrected chi connectivity index (χ2v) is 6.67. The Balaban J connectivity index is 0.00000441. The molecule has 132 valence electrons. The van der Waals surface area contributed by atoms with Gasteiger partial charge in [-0.05, 0) is 6.42 Å². The van der Waals surface area contributed by atoms with Crippen molar-refractivity contribution in [2.75, 3.05) is 46.4 Å². The number of rotatable bonds is 11. The number of nitrogens with zero attached hydrogens (tertiary/aromatic N) is 1. The molecule has 0 spiro atoms. The van der Waals surface area contributed by atoms with Crippen molar-refractivity contribution >= 4 is 5.97 Å². The molecular formula is C17H35ClN2O2. The minimum absolute atomic E-state index is 0. The van der Waals surface area contributed by atoms with Gasteiger partial charge in [-0.2, -0.15) is 0 Å². The van der Waals surface area contributed by atoms with Gasteiger partial charge in [0.2, 0.25) is 0 Å². The summed E-state index contributed by atoms with van der Waals surface area (Å²) in [6.45, 7) is 7.42. The molecule has 0 aliphatic carbocycles. The Morgan fingerprint density at radius 1 is 1.00 bits per heavy atom. The Hall–Kier alpha value is -0.320. The number of carbonyl (C=O) groups is 1. The monoisotopic (exact) mass is 334 g/mol. The molecule has 1 aliphatic rings. The van der Waals surface area contributed by atoms with E-state index in [1.165, 1.54) is 44.9 Å². The molecule has 0 aromatic rings. The van der Waals surface area contributed by atoms with Crippen LogP contribution in [0.3, 0.4) is 0 Å². The van der Waals surface area contributed by atoms with Crippen LogP contribution in [-0.2, 0) is 9.53 Å². The number of nitrogens with one attached hydrogen (secondary N) is 1. The number of carbonyl (C=O) groups excluding carboxylic acids is 1. The molecular weight excluding hydrogens is 300 g/mol. The van der Waals surface area contributed by atoms with Gasteiger partial charge in [0.25, 0.3) is 0 Å². The van der Waals surface area contributed by atoms with Gasteiger partial charge >= 0.3 is 5.97 Å². The summed E-state index contributed by atoms with van der Waals surface area (Å²) in [6, 6.07) is 0. The van der Waals surface area contributed by atoms with E-state index in [0.29, 0.717) is 13.2 Å². The van der Waals surface area contributed by atoms with Crippen LogP contribution in [0.5, 0.6) is 0 Å². The van der Waals surface area contributed by atoms with Crippen molar-refractivity contribution in [3.8, 4) is 0 Å². The van der Waals surface area contributed by atoms with E-state index >= 15 is 0 Å². The Kier molecular flexibility index (Phi) is 13.0. The van der Waals surface area contributed by atoms with Gasteiger partial charge in [-0.25, -0.2) is 4.79 Å². The summed E-state index contributed by atoms with van der Waals surface area (Å²) in [5.41, 5.74) is 0. The van der Waals surface area contributed by atoms with Gasteiger partial charge < -0.3 is 26.9 Å². The van der Waals surface area contributed by atoms with E-state index < -0.39 is 0 Å². The quantitative estimate of drug-likeness (QED) is 0.321. The zero-order valence-electron chi connectivity index (χ0n) is 14.5.